The molecule has 1 saturated heterocycles. The predicted octanol–water partition coefficient (Wildman–Crippen LogP) is 1.33. The van der Waals surface area contributed by atoms with Crippen LogP contribution in [0.25, 0.3) is 0 Å². The van der Waals surface area contributed by atoms with Crippen molar-refractivity contribution < 1.29 is 9.90 Å². The van der Waals surface area contributed by atoms with Crippen LogP contribution >= 0.6 is 0 Å². The van der Waals surface area contributed by atoms with E-state index in [1.807, 2.05) is 12.1 Å². The Bertz CT molecular complexity index is 437. The van der Waals surface area contributed by atoms with Gasteiger partial charge in [0.25, 0.3) is 0 Å². The van der Waals surface area contributed by atoms with Crippen LogP contribution in [0.4, 0.5) is 0 Å². The molecular formula is C14H21N3O2. The normalized spacial score (nSPS) is 16.8. The van der Waals surface area contributed by atoms with Crippen molar-refractivity contribution in [2.75, 3.05) is 6.54 Å². The fraction of sp³-hybridized carbons (Fsp3) is 0.571. The second-order valence-corrected chi connectivity index (χ2v) is 5.45. The first-order valence-corrected chi connectivity index (χ1v) is 6.68. The van der Waals surface area contributed by atoms with E-state index < -0.39 is 5.60 Å². The molecule has 1 amide bonds. The van der Waals surface area contributed by atoms with Gasteiger partial charge in [-0.15, -0.1) is 0 Å². The number of aliphatic hydroxyl groups is 1. The molecule has 0 aromatic carbocycles. The van der Waals surface area contributed by atoms with Crippen LogP contribution in [-0.2, 0) is 16.9 Å². The van der Waals surface area contributed by atoms with Crippen LogP contribution < -0.4 is 5.43 Å². The molecular weight excluding hydrogens is 242 g/mol. The van der Waals surface area contributed by atoms with Crippen LogP contribution in [0.15, 0.2) is 18.3 Å². The minimum absolute atomic E-state index is 0.160. The van der Waals surface area contributed by atoms with Gasteiger partial charge in [-0.2, -0.15) is 0 Å². The number of aromatic nitrogens is 1. The predicted molar refractivity (Wildman–Crippen MR) is 71.9 cm³/mol. The molecule has 2 N–H and O–H groups in total. The zero-order valence-electron chi connectivity index (χ0n) is 11.5. The van der Waals surface area contributed by atoms with Crippen LogP contribution in [-0.4, -0.2) is 27.6 Å². The molecule has 1 aliphatic rings. The van der Waals surface area contributed by atoms with E-state index in [-0.39, 0.29) is 5.91 Å². The summed E-state index contributed by atoms with van der Waals surface area (Å²) in [4.78, 5) is 15.9. The summed E-state index contributed by atoms with van der Waals surface area (Å²) in [5, 5.41) is 11.5. The highest BCUT2D eigenvalue weighted by atomic mass is 16.3. The van der Waals surface area contributed by atoms with Crippen molar-refractivity contribution in [1.82, 2.24) is 15.4 Å². The number of hydrazine groups is 1. The minimum atomic E-state index is -0.922. The Hall–Kier alpha value is -1.46. The maximum Gasteiger partial charge on any atom is 0.236 e. The first-order chi connectivity index (χ1) is 8.97. The van der Waals surface area contributed by atoms with Crippen LogP contribution in [0.5, 0.6) is 0 Å². The van der Waals surface area contributed by atoms with Crippen molar-refractivity contribution in [2.24, 2.45) is 0 Å². The van der Waals surface area contributed by atoms with Crippen LogP contribution in [0.3, 0.4) is 0 Å². The lowest BCUT2D eigenvalue weighted by atomic mass is 10.0. The Kier molecular flexibility index (Phi) is 4.17. The van der Waals surface area contributed by atoms with Gasteiger partial charge in [-0.3, -0.25) is 14.8 Å². The molecule has 0 bridgehead atoms. The number of piperidine rings is 1. The number of nitrogens with zero attached hydrogens (tertiary/aromatic N) is 2. The Morgan fingerprint density at radius 3 is 2.79 bits per heavy atom. The maximum atomic E-state index is 11.6. The first-order valence-electron chi connectivity index (χ1n) is 6.68. The molecule has 1 aliphatic heterocycles. The Morgan fingerprint density at radius 1 is 1.42 bits per heavy atom. The smallest absolute Gasteiger partial charge is 0.236 e. The molecule has 2 heterocycles. The third-order valence-corrected chi connectivity index (χ3v) is 3.25. The molecule has 5 nitrogen and oxygen atoms in total. The molecule has 1 fully saturated rings. The standard InChI is InChI=1S/C14H21N3O2/c1-14(2,19)12-7-6-11(9-15-12)10-16-17-8-4-3-5-13(17)18/h6-7,9,16,19H,3-5,8,10H2,1-2H3. The van der Waals surface area contributed by atoms with E-state index in [2.05, 4.69) is 10.4 Å². The van der Waals surface area contributed by atoms with E-state index >= 15 is 0 Å². The van der Waals surface area contributed by atoms with Crippen LogP contribution in [0.2, 0.25) is 0 Å². The fourth-order valence-electron chi connectivity index (χ4n) is 2.05. The topological polar surface area (TPSA) is 65.5 Å². The third-order valence-electron chi connectivity index (χ3n) is 3.25. The van der Waals surface area contributed by atoms with Gasteiger partial charge < -0.3 is 5.11 Å². The first kappa shape index (κ1) is 14.0. The van der Waals surface area contributed by atoms with E-state index in [1.165, 1.54) is 0 Å². The summed E-state index contributed by atoms with van der Waals surface area (Å²) in [5.74, 6) is 0.160. The lowest BCUT2D eigenvalue weighted by molar-refractivity contribution is -0.136. The molecule has 0 aliphatic carbocycles. The molecule has 0 saturated carbocycles. The molecule has 104 valence electrons. The van der Waals surface area contributed by atoms with Gasteiger partial charge in [0, 0.05) is 25.7 Å². The quantitative estimate of drug-likeness (QED) is 0.860. The Balaban J connectivity index is 1.91. The Morgan fingerprint density at radius 2 is 2.21 bits per heavy atom. The second-order valence-electron chi connectivity index (χ2n) is 5.45. The molecule has 0 spiro atoms. The van der Waals surface area contributed by atoms with Gasteiger partial charge in [0.2, 0.25) is 5.91 Å². The lowest BCUT2D eigenvalue weighted by Crippen LogP contribution is -2.45. The summed E-state index contributed by atoms with van der Waals surface area (Å²) in [6.07, 6.45) is 4.39. The zero-order chi connectivity index (χ0) is 13.9. The number of hydrogen-bond acceptors (Lipinski definition) is 4. The highest BCUT2D eigenvalue weighted by Crippen LogP contribution is 2.17. The average molecular weight is 263 g/mol. The number of carbonyl (C=O) groups is 1. The third kappa shape index (κ3) is 3.75. The van der Waals surface area contributed by atoms with Gasteiger partial charge in [-0.25, -0.2) is 5.43 Å². The molecule has 19 heavy (non-hydrogen) atoms. The number of rotatable bonds is 4. The zero-order valence-corrected chi connectivity index (χ0v) is 11.5. The highest BCUT2D eigenvalue weighted by molar-refractivity contribution is 5.76. The number of amides is 1. The molecule has 0 atom stereocenters. The van der Waals surface area contributed by atoms with Crippen molar-refractivity contribution in [2.45, 2.75) is 45.3 Å². The SMILES string of the molecule is CC(C)(O)c1ccc(CNN2CCCCC2=O)cn1. The van der Waals surface area contributed by atoms with Crippen molar-refractivity contribution in [3.8, 4) is 0 Å². The van der Waals surface area contributed by atoms with Crippen molar-refractivity contribution >= 4 is 5.91 Å². The summed E-state index contributed by atoms with van der Waals surface area (Å²) in [6.45, 7) is 4.76. The highest BCUT2D eigenvalue weighted by Gasteiger charge is 2.18. The molecule has 5 heteroatoms. The van der Waals surface area contributed by atoms with Gasteiger partial charge in [0.05, 0.1) is 5.69 Å². The van der Waals surface area contributed by atoms with Gasteiger partial charge >= 0.3 is 0 Å². The maximum absolute atomic E-state index is 11.6. The molecule has 2 rings (SSSR count). The summed E-state index contributed by atoms with van der Waals surface area (Å²) in [6, 6.07) is 3.73. The van der Waals surface area contributed by atoms with E-state index in [4.69, 9.17) is 0 Å². The second kappa shape index (κ2) is 5.67. The lowest BCUT2D eigenvalue weighted by Gasteiger charge is -2.27. The largest absolute Gasteiger partial charge is 0.384 e. The molecule has 1 aromatic rings. The van der Waals surface area contributed by atoms with Gasteiger partial charge in [-0.1, -0.05) is 6.07 Å². The Labute approximate surface area is 113 Å². The number of hydrogen-bond donors (Lipinski definition) is 2. The van der Waals surface area contributed by atoms with Crippen molar-refractivity contribution in [1.29, 1.82) is 0 Å². The van der Waals surface area contributed by atoms with E-state index in [1.54, 1.807) is 25.1 Å². The summed E-state index contributed by atoms with van der Waals surface area (Å²) in [7, 11) is 0. The molecule has 0 unspecified atom stereocenters. The summed E-state index contributed by atoms with van der Waals surface area (Å²) < 4.78 is 0. The minimum Gasteiger partial charge on any atom is -0.384 e. The summed E-state index contributed by atoms with van der Waals surface area (Å²) in [5.41, 5.74) is 3.84. The summed E-state index contributed by atoms with van der Waals surface area (Å²) >= 11 is 0. The van der Waals surface area contributed by atoms with Crippen molar-refractivity contribution in [3.05, 3.63) is 29.6 Å². The average Bonchev–Trinajstić information content (AvgIpc) is 2.37. The van der Waals surface area contributed by atoms with Crippen LogP contribution in [0, 0.1) is 0 Å². The van der Waals surface area contributed by atoms with E-state index in [9.17, 15) is 9.90 Å². The van der Waals surface area contributed by atoms with Crippen molar-refractivity contribution in [3.63, 3.8) is 0 Å². The molecule has 0 radical (unpaired) electrons. The number of carbonyl (C=O) groups excluding carboxylic acids is 1. The van der Waals surface area contributed by atoms with Gasteiger partial charge in [0.1, 0.15) is 5.60 Å². The molecule has 1 aromatic heterocycles. The van der Waals surface area contributed by atoms with Crippen LogP contribution in [0.1, 0.15) is 44.4 Å². The van der Waals surface area contributed by atoms with E-state index in [0.717, 1.165) is 24.9 Å². The van der Waals surface area contributed by atoms with Gasteiger partial charge in [0.15, 0.2) is 0 Å². The number of pyridine rings is 1. The van der Waals surface area contributed by atoms with E-state index in [0.29, 0.717) is 18.7 Å². The fourth-order valence-corrected chi connectivity index (χ4v) is 2.05. The monoisotopic (exact) mass is 263 g/mol. The number of nitrogens with one attached hydrogen (secondary N) is 1. The van der Waals surface area contributed by atoms with Gasteiger partial charge in [-0.05, 0) is 38.3 Å².